The van der Waals surface area contributed by atoms with E-state index in [-0.39, 0.29) is 40.0 Å². The Bertz CT molecular complexity index is 1060. The van der Waals surface area contributed by atoms with Crippen molar-refractivity contribution in [1.82, 2.24) is 14.2 Å². The van der Waals surface area contributed by atoms with Gasteiger partial charge in [0, 0.05) is 37.0 Å². The van der Waals surface area contributed by atoms with Gasteiger partial charge in [0.25, 0.3) is 0 Å². The van der Waals surface area contributed by atoms with Crippen LogP contribution in [0.3, 0.4) is 0 Å². The number of hydrogen-bond donors (Lipinski definition) is 0. The third kappa shape index (κ3) is 4.31. The van der Waals surface area contributed by atoms with Crippen molar-refractivity contribution >= 4 is 38.5 Å². The molecule has 2 heterocycles. The zero-order chi connectivity index (χ0) is 21.6. The fraction of sp³-hybridized carbons (Fsp3) is 0.474. The summed E-state index contributed by atoms with van der Waals surface area (Å²) in [6.45, 7) is 5.59. The first kappa shape index (κ1) is 21.7. The van der Waals surface area contributed by atoms with Crippen molar-refractivity contribution in [3.05, 3.63) is 35.4 Å². The maximum atomic E-state index is 14.4. The van der Waals surface area contributed by atoms with E-state index < -0.39 is 27.5 Å². The van der Waals surface area contributed by atoms with Gasteiger partial charge in [-0.25, -0.2) is 22.6 Å². The van der Waals surface area contributed by atoms with E-state index in [0.29, 0.717) is 6.42 Å². The highest BCUT2D eigenvalue weighted by molar-refractivity contribution is 7.89. The van der Waals surface area contributed by atoms with E-state index in [2.05, 4.69) is 4.98 Å². The number of carbonyl (C=O) groups excluding carboxylic acids is 1. The van der Waals surface area contributed by atoms with Crippen molar-refractivity contribution in [2.24, 2.45) is 0 Å². The number of likely N-dealkylation sites (N-methyl/N-ethyl adjacent to an activating group) is 1. The molecule has 0 saturated carbocycles. The summed E-state index contributed by atoms with van der Waals surface area (Å²) in [6.07, 6.45) is 0.841. The average molecular weight is 444 g/mol. The number of aromatic nitrogens is 1. The molecule has 3 rings (SSSR count). The Balaban J connectivity index is 1.88. The lowest BCUT2D eigenvalue weighted by Gasteiger charge is -2.28. The van der Waals surface area contributed by atoms with Crippen LogP contribution in [0.5, 0.6) is 0 Å². The molecule has 29 heavy (non-hydrogen) atoms. The molecule has 1 atom stereocenters. The SMILES string of the molecule is CN(C(=O)OC(C)(C)C)[C@H]1CCN(S(=O)(=O)c2cccc3c(Cl)ncc(F)c23)C1. The molecule has 2 aromatic rings. The molecule has 0 unspecified atom stereocenters. The van der Waals surface area contributed by atoms with Crippen LogP contribution in [0, 0.1) is 5.82 Å². The molecule has 0 N–H and O–H groups in total. The normalized spacial score (nSPS) is 18.2. The van der Waals surface area contributed by atoms with Crippen LogP contribution < -0.4 is 0 Å². The Morgan fingerprint density at radius 2 is 2.07 bits per heavy atom. The van der Waals surface area contributed by atoms with Gasteiger partial charge in [0.1, 0.15) is 10.8 Å². The molecule has 1 amide bonds. The van der Waals surface area contributed by atoms with Crippen LogP contribution >= 0.6 is 11.6 Å². The van der Waals surface area contributed by atoms with Crippen LogP contribution in [0.1, 0.15) is 27.2 Å². The third-order valence-corrected chi connectivity index (χ3v) is 6.96. The summed E-state index contributed by atoms with van der Waals surface area (Å²) in [5.74, 6) is -0.759. The fourth-order valence-electron chi connectivity index (χ4n) is 3.28. The Morgan fingerprint density at radius 1 is 1.38 bits per heavy atom. The number of benzene rings is 1. The van der Waals surface area contributed by atoms with Crippen molar-refractivity contribution in [3.8, 4) is 0 Å². The lowest BCUT2D eigenvalue weighted by Crippen LogP contribution is -2.42. The highest BCUT2D eigenvalue weighted by atomic mass is 35.5. The average Bonchev–Trinajstić information content (AvgIpc) is 3.13. The molecule has 1 aromatic heterocycles. The van der Waals surface area contributed by atoms with E-state index in [0.717, 1.165) is 6.20 Å². The topological polar surface area (TPSA) is 79.8 Å². The van der Waals surface area contributed by atoms with Gasteiger partial charge in [-0.15, -0.1) is 0 Å². The summed E-state index contributed by atoms with van der Waals surface area (Å²) >= 11 is 6.02. The van der Waals surface area contributed by atoms with Crippen LogP contribution in [0.25, 0.3) is 10.8 Å². The number of nitrogens with zero attached hydrogens (tertiary/aromatic N) is 3. The molecule has 0 radical (unpaired) electrons. The second kappa shape index (κ2) is 7.70. The van der Waals surface area contributed by atoms with E-state index in [9.17, 15) is 17.6 Å². The lowest BCUT2D eigenvalue weighted by molar-refractivity contribution is 0.0232. The summed E-state index contributed by atoms with van der Waals surface area (Å²) in [5, 5.41) is 0.174. The number of sulfonamides is 1. The van der Waals surface area contributed by atoms with E-state index >= 15 is 0 Å². The van der Waals surface area contributed by atoms with Crippen LogP contribution in [0.4, 0.5) is 9.18 Å². The second-order valence-corrected chi connectivity index (χ2v) is 10.2. The first-order valence-electron chi connectivity index (χ1n) is 9.10. The Morgan fingerprint density at radius 3 is 2.72 bits per heavy atom. The van der Waals surface area contributed by atoms with Crippen LogP contribution in [-0.2, 0) is 14.8 Å². The molecule has 158 valence electrons. The number of ether oxygens (including phenoxy) is 1. The molecule has 7 nitrogen and oxygen atoms in total. The first-order valence-corrected chi connectivity index (χ1v) is 10.9. The molecular weight excluding hydrogens is 421 g/mol. The molecule has 10 heteroatoms. The number of amides is 1. The number of halogens is 2. The largest absolute Gasteiger partial charge is 0.444 e. The lowest BCUT2D eigenvalue weighted by atomic mass is 10.2. The Labute approximate surface area is 174 Å². The molecule has 1 fully saturated rings. The van der Waals surface area contributed by atoms with Crippen molar-refractivity contribution in [3.63, 3.8) is 0 Å². The molecular formula is C19H23ClFN3O4S. The highest BCUT2D eigenvalue weighted by Crippen LogP contribution is 2.32. The van der Waals surface area contributed by atoms with E-state index in [1.807, 2.05) is 0 Å². The highest BCUT2D eigenvalue weighted by Gasteiger charge is 2.37. The molecule has 0 spiro atoms. The molecule has 0 bridgehead atoms. The smallest absolute Gasteiger partial charge is 0.410 e. The summed E-state index contributed by atoms with van der Waals surface area (Å²) < 4.78 is 47.5. The summed E-state index contributed by atoms with van der Waals surface area (Å²) in [5.41, 5.74) is -0.649. The first-order chi connectivity index (χ1) is 13.4. The third-order valence-electron chi connectivity index (χ3n) is 4.75. The van der Waals surface area contributed by atoms with Gasteiger partial charge in [-0.2, -0.15) is 4.31 Å². The van der Waals surface area contributed by atoms with Gasteiger partial charge in [0.2, 0.25) is 10.0 Å². The van der Waals surface area contributed by atoms with E-state index in [1.54, 1.807) is 27.8 Å². The minimum Gasteiger partial charge on any atom is -0.444 e. The maximum absolute atomic E-state index is 14.4. The number of rotatable bonds is 3. The van der Waals surface area contributed by atoms with Crippen molar-refractivity contribution in [1.29, 1.82) is 0 Å². The fourth-order valence-corrected chi connectivity index (χ4v) is 5.19. The molecule has 1 aliphatic rings. The monoisotopic (exact) mass is 443 g/mol. The second-order valence-electron chi connectivity index (χ2n) is 7.97. The van der Waals surface area contributed by atoms with Crippen LogP contribution in [0.2, 0.25) is 5.15 Å². The van der Waals surface area contributed by atoms with E-state index in [1.165, 1.54) is 27.4 Å². The Hall–Kier alpha value is -1.97. The molecule has 1 saturated heterocycles. The number of pyridine rings is 1. The number of carbonyl (C=O) groups is 1. The standard InChI is InChI=1S/C19H23ClFN3O4S/c1-19(2,3)28-18(25)23(4)12-8-9-24(11-12)29(26,27)15-7-5-6-13-16(15)14(21)10-22-17(13)20/h5-7,10,12H,8-9,11H2,1-4H3/t12-/m0/s1. The van der Waals surface area contributed by atoms with Gasteiger partial charge < -0.3 is 9.64 Å². The van der Waals surface area contributed by atoms with E-state index in [4.69, 9.17) is 16.3 Å². The van der Waals surface area contributed by atoms with Crippen molar-refractivity contribution in [2.45, 2.75) is 43.7 Å². The zero-order valence-corrected chi connectivity index (χ0v) is 18.2. The van der Waals surface area contributed by atoms with Gasteiger partial charge in [0.05, 0.1) is 11.1 Å². The van der Waals surface area contributed by atoms with Crippen LogP contribution in [0.15, 0.2) is 29.3 Å². The summed E-state index contributed by atoms with van der Waals surface area (Å²) in [7, 11) is -2.42. The van der Waals surface area contributed by atoms with Gasteiger partial charge >= 0.3 is 6.09 Å². The summed E-state index contributed by atoms with van der Waals surface area (Å²) in [6, 6.07) is 4.03. The predicted octanol–water partition coefficient (Wildman–Crippen LogP) is 3.66. The van der Waals surface area contributed by atoms with Gasteiger partial charge in [-0.3, -0.25) is 0 Å². The minimum absolute atomic E-state index is 0.0300. The quantitative estimate of drug-likeness (QED) is 0.676. The zero-order valence-electron chi connectivity index (χ0n) is 16.6. The van der Waals surface area contributed by atoms with Gasteiger partial charge in [-0.1, -0.05) is 23.7 Å². The molecule has 0 aliphatic carbocycles. The van der Waals surface area contributed by atoms with Gasteiger partial charge in [-0.05, 0) is 33.3 Å². The number of hydrogen-bond acceptors (Lipinski definition) is 5. The van der Waals surface area contributed by atoms with Crippen LogP contribution in [-0.4, -0.2) is 60.5 Å². The van der Waals surface area contributed by atoms with Gasteiger partial charge in [0.15, 0.2) is 5.82 Å². The van der Waals surface area contributed by atoms with Crippen molar-refractivity contribution in [2.75, 3.05) is 20.1 Å². The Kier molecular flexibility index (Phi) is 5.77. The summed E-state index contributed by atoms with van der Waals surface area (Å²) in [4.78, 5) is 17.3. The molecule has 1 aromatic carbocycles. The molecule has 1 aliphatic heterocycles. The minimum atomic E-state index is -4.00. The maximum Gasteiger partial charge on any atom is 0.410 e. The predicted molar refractivity (Wildman–Crippen MR) is 108 cm³/mol. The van der Waals surface area contributed by atoms with Crippen molar-refractivity contribution < 1.29 is 22.3 Å². The number of fused-ring (bicyclic) bond motifs is 1.